The zero-order valence-corrected chi connectivity index (χ0v) is 15.5. The van der Waals surface area contributed by atoms with Crippen LogP contribution >= 0.6 is 0 Å². The molecule has 0 unspecified atom stereocenters. The van der Waals surface area contributed by atoms with Gasteiger partial charge in [0.05, 0.1) is 0 Å². The average molecular weight is 330 g/mol. The molecule has 0 radical (unpaired) electrons. The highest BCUT2D eigenvalue weighted by atomic mass is 16.3. The third-order valence-electron chi connectivity index (χ3n) is 5.48. The summed E-state index contributed by atoms with van der Waals surface area (Å²) in [5.41, 5.74) is 5.01. The first kappa shape index (κ1) is 18.5. The molecule has 0 saturated carbocycles. The molecule has 1 heterocycles. The normalized spacial score (nSPS) is 11.9. The fourth-order valence-corrected chi connectivity index (χ4v) is 3.68. The maximum atomic E-state index is 12.7. The van der Waals surface area contributed by atoms with Gasteiger partial charge in [-0.05, 0) is 68.2 Å². The van der Waals surface area contributed by atoms with Gasteiger partial charge in [-0.3, -0.25) is 4.79 Å². The number of hydrogen-bond acceptors (Lipinski definition) is 2. The van der Waals surface area contributed by atoms with Crippen molar-refractivity contribution in [2.45, 2.75) is 53.9 Å². The number of carbonyl (C=O) groups is 1. The molecule has 0 aliphatic carbocycles. The monoisotopic (exact) mass is 330 g/mol. The Morgan fingerprint density at radius 2 is 1.88 bits per heavy atom. The smallest absolute Gasteiger partial charge is 0.268 e. The zero-order chi connectivity index (χ0) is 17.9. The van der Waals surface area contributed by atoms with Gasteiger partial charge in [0.2, 0.25) is 0 Å². The highest BCUT2D eigenvalue weighted by molar-refractivity contribution is 6.02. The molecule has 2 aromatic rings. The minimum absolute atomic E-state index is 0.0309. The third kappa shape index (κ3) is 3.48. The number of aryl methyl sites for hydroxylation is 3. The van der Waals surface area contributed by atoms with Crippen molar-refractivity contribution in [3.05, 3.63) is 34.5 Å². The van der Waals surface area contributed by atoms with E-state index in [1.807, 2.05) is 6.92 Å². The molecule has 0 fully saturated rings. The molecule has 0 atom stereocenters. The molecular formula is C20H30N2O2. The van der Waals surface area contributed by atoms with Crippen molar-refractivity contribution < 1.29 is 9.90 Å². The summed E-state index contributed by atoms with van der Waals surface area (Å²) in [4.78, 5) is 16.0. The van der Waals surface area contributed by atoms with Crippen molar-refractivity contribution >= 4 is 16.8 Å². The van der Waals surface area contributed by atoms with Crippen LogP contribution in [0.2, 0.25) is 0 Å². The Hall–Kier alpha value is -1.81. The lowest BCUT2D eigenvalue weighted by molar-refractivity contribution is 0.0902. The first-order chi connectivity index (χ1) is 11.4. The first-order valence-corrected chi connectivity index (χ1v) is 8.86. The van der Waals surface area contributed by atoms with Gasteiger partial charge in [-0.1, -0.05) is 19.9 Å². The highest BCUT2D eigenvalue weighted by Crippen LogP contribution is 2.30. The number of H-pyrrole nitrogens is 1. The first-order valence-electron chi connectivity index (χ1n) is 8.86. The van der Waals surface area contributed by atoms with Gasteiger partial charge in [-0.25, -0.2) is 0 Å². The zero-order valence-electron chi connectivity index (χ0n) is 15.5. The van der Waals surface area contributed by atoms with Crippen LogP contribution in [0, 0.1) is 26.2 Å². The Morgan fingerprint density at radius 3 is 2.46 bits per heavy atom. The molecular weight excluding hydrogens is 300 g/mol. The summed E-state index contributed by atoms with van der Waals surface area (Å²) in [6.45, 7) is 11.1. The van der Waals surface area contributed by atoms with E-state index in [1.54, 1.807) is 0 Å². The minimum atomic E-state index is -0.0648. The van der Waals surface area contributed by atoms with Crippen LogP contribution in [-0.2, 0) is 0 Å². The molecule has 24 heavy (non-hydrogen) atoms. The molecule has 1 amide bonds. The topological polar surface area (TPSA) is 65.1 Å². The lowest BCUT2D eigenvalue weighted by atomic mass is 9.79. The molecule has 0 aliphatic heterocycles. The van der Waals surface area contributed by atoms with Gasteiger partial charge in [0.1, 0.15) is 5.69 Å². The minimum Gasteiger partial charge on any atom is -0.396 e. The summed E-state index contributed by atoms with van der Waals surface area (Å²) in [6.07, 6.45) is 2.59. The number of rotatable bonds is 7. The Labute approximate surface area is 144 Å². The number of aromatic amines is 1. The van der Waals surface area contributed by atoms with Gasteiger partial charge >= 0.3 is 0 Å². The average Bonchev–Trinajstić information content (AvgIpc) is 2.88. The van der Waals surface area contributed by atoms with Crippen molar-refractivity contribution in [1.29, 1.82) is 0 Å². The number of fused-ring (bicyclic) bond motifs is 1. The molecule has 1 aromatic heterocycles. The molecule has 0 saturated heterocycles. The molecule has 0 aliphatic rings. The predicted octanol–water partition coefficient (Wildman–Crippen LogP) is 4.01. The summed E-state index contributed by atoms with van der Waals surface area (Å²) in [5, 5.41) is 13.5. The highest BCUT2D eigenvalue weighted by Gasteiger charge is 2.27. The maximum Gasteiger partial charge on any atom is 0.268 e. The fourth-order valence-electron chi connectivity index (χ4n) is 3.68. The summed E-state index contributed by atoms with van der Waals surface area (Å²) < 4.78 is 0. The Kier molecular flexibility index (Phi) is 5.70. The molecule has 1 aromatic carbocycles. The van der Waals surface area contributed by atoms with Crippen LogP contribution in [0.4, 0.5) is 0 Å². The number of benzene rings is 1. The maximum absolute atomic E-state index is 12.7. The number of nitrogens with one attached hydrogen (secondary N) is 2. The van der Waals surface area contributed by atoms with E-state index in [4.69, 9.17) is 0 Å². The largest absolute Gasteiger partial charge is 0.396 e. The second-order valence-electron chi connectivity index (χ2n) is 6.99. The fraction of sp³-hybridized carbons (Fsp3) is 0.550. The van der Waals surface area contributed by atoms with Crippen molar-refractivity contribution in [1.82, 2.24) is 10.3 Å². The van der Waals surface area contributed by atoms with Gasteiger partial charge in [0, 0.05) is 24.1 Å². The van der Waals surface area contributed by atoms with Crippen LogP contribution in [0.15, 0.2) is 12.1 Å². The van der Waals surface area contributed by atoms with E-state index >= 15 is 0 Å². The molecule has 0 bridgehead atoms. The summed E-state index contributed by atoms with van der Waals surface area (Å²) in [6, 6.07) is 4.23. The lowest BCUT2D eigenvalue weighted by Gasteiger charge is -2.31. The molecule has 132 valence electrons. The molecule has 0 spiro atoms. The Balaban J connectivity index is 2.26. The lowest BCUT2D eigenvalue weighted by Crippen LogP contribution is -2.38. The third-order valence-corrected chi connectivity index (χ3v) is 5.48. The number of aliphatic hydroxyl groups excluding tert-OH is 1. The number of aliphatic hydroxyl groups is 1. The second-order valence-corrected chi connectivity index (χ2v) is 6.99. The predicted molar refractivity (Wildman–Crippen MR) is 99.6 cm³/mol. The van der Waals surface area contributed by atoms with Gasteiger partial charge in [-0.2, -0.15) is 0 Å². The van der Waals surface area contributed by atoms with Crippen molar-refractivity contribution in [2.75, 3.05) is 13.2 Å². The molecule has 4 nitrogen and oxygen atoms in total. The van der Waals surface area contributed by atoms with Gasteiger partial charge in [0.25, 0.3) is 5.91 Å². The van der Waals surface area contributed by atoms with E-state index < -0.39 is 0 Å². The van der Waals surface area contributed by atoms with Crippen LogP contribution in [0.3, 0.4) is 0 Å². The SMILES string of the molecule is CCC(CC)(CCO)CNC(=O)c1[nH]c2cc(C)cc(C)c2c1C. The second kappa shape index (κ2) is 7.39. The van der Waals surface area contributed by atoms with Crippen molar-refractivity contribution in [3.8, 4) is 0 Å². The van der Waals surface area contributed by atoms with E-state index in [1.165, 1.54) is 11.1 Å². The van der Waals surface area contributed by atoms with E-state index in [-0.39, 0.29) is 17.9 Å². The van der Waals surface area contributed by atoms with E-state index in [0.29, 0.717) is 18.7 Å². The summed E-state index contributed by atoms with van der Waals surface area (Å²) in [7, 11) is 0. The van der Waals surface area contributed by atoms with Gasteiger partial charge in [0.15, 0.2) is 0 Å². The standard InChI is InChI=1S/C20H30N2O2/c1-6-20(7-2,8-9-23)12-21-19(24)18-15(5)17-14(4)10-13(3)11-16(17)22-18/h10-11,22-23H,6-9,12H2,1-5H3,(H,21,24). The molecule has 2 rings (SSSR count). The quantitative estimate of drug-likeness (QED) is 0.718. The Bertz CT molecular complexity index is 727. The number of aromatic nitrogens is 1. The number of amides is 1. The summed E-state index contributed by atoms with van der Waals surface area (Å²) >= 11 is 0. The van der Waals surface area contributed by atoms with E-state index in [0.717, 1.165) is 29.3 Å². The van der Waals surface area contributed by atoms with Crippen LogP contribution < -0.4 is 5.32 Å². The summed E-state index contributed by atoms with van der Waals surface area (Å²) in [5.74, 6) is -0.0648. The van der Waals surface area contributed by atoms with Gasteiger partial charge in [-0.15, -0.1) is 0 Å². The van der Waals surface area contributed by atoms with Crippen molar-refractivity contribution in [3.63, 3.8) is 0 Å². The molecule has 3 N–H and O–H groups in total. The van der Waals surface area contributed by atoms with Crippen molar-refractivity contribution in [2.24, 2.45) is 5.41 Å². The van der Waals surface area contributed by atoms with Crippen LogP contribution in [-0.4, -0.2) is 29.1 Å². The number of hydrogen-bond donors (Lipinski definition) is 3. The Morgan fingerprint density at radius 1 is 1.21 bits per heavy atom. The van der Waals surface area contributed by atoms with Crippen LogP contribution in [0.5, 0.6) is 0 Å². The molecule has 4 heteroatoms. The number of carbonyl (C=O) groups excluding carboxylic acids is 1. The van der Waals surface area contributed by atoms with Crippen LogP contribution in [0.25, 0.3) is 10.9 Å². The van der Waals surface area contributed by atoms with Gasteiger partial charge < -0.3 is 15.4 Å². The van der Waals surface area contributed by atoms with E-state index in [2.05, 4.69) is 50.1 Å². The van der Waals surface area contributed by atoms with Crippen LogP contribution in [0.1, 0.15) is 60.3 Å². The van der Waals surface area contributed by atoms with E-state index in [9.17, 15) is 9.90 Å².